The predicted molar refractivity (Wildman–Crippen MR) is 91.1 cm³/mol. The molecule has 6 heteroatoms. The Morgan fingerprint density at radius 3 is 3.05 bits per heavy atom. The van der Waals surface area contributed by atoms with Gasteiger partial charge in [-0.2, -0.15) is 11.8 Å². The fourth-order valence-electron chi connectivity index (χ4n) is 2.92. The van der Waals surface area contributed by atoms with Gasteiger partial charge >= 0.3 is 0 Å². The summed E-state index contributed by atoms with van der Waals surface area (Å²) >= 11 is 3.27. The van der Waals surface area contributed by atoms with Gasteiger partial charge in [0.1, 0.15) is 4.88 Å². The van der Waals surface area contributed by atoms with Crippen molar-refractivity contribution in [3.05, 3.63) is 23.3 Å². The van der Waals surface area contributed by atoms with Crippen LogP contribution in [0.2, 0.25) is 0 Å². The standard InChI is InChI=1S/C15H19N3OS2/c1-20-11-5-3-2-4-10(11)18-15(19)14-13(16)9-6-7-17-8-12(9)21-14/h6-8,10-11H,2-5,16H2,1H3,(H,18,19). The smallest absolute Gasteiger partial charge is 0.263 e. The van der Waals surface area contributed by atoms with E-state index in [1.54, 1.807) is 12.4 Å². The Morgan fingerprint density at radius 1 is 1.48 bits per heavy atom. The van der Waals surface area contributed by atoms with Gasteiger partial charge < -0.3 is 11.1 Å². The quantitative estimate of drug-likeness (QED) is 0.910. The van der Waals surface area contributed by atoms with Crippen LogP contribution >= 0.6 is 23.1 Å². The minimum Gasteiger partial charge on any atom is -0.397 e. The summed E-state index contributed by atoms with van der Waals surface area (Å²) in [6.07, 6.45) is 10.3. The predicted octanol–water partition coefficient (Wildman–Crippen LogP) is 3.28. The van der Waals surface area contributed by atoms with Gasteiger partial charge in [-0.1, -0.05) is 12.8 Å². The molecule has 2 heterocycles. The number of aromatic nitrogens is 1. The molecular weight excluding hydrogens is 302 g/mol. The molecule has 0 aliphatic heterocycles. The molecule has 1 amide bonds. The van der Waals surface area contributed by atoms with E-state index < -0.39 is 0 Å². The van der Waals surface area contributed by atoms with Crippen molar-refractivity contribution in [1.29, 1.82) is 0 Å². The lowest BCUT2D eigenvalue weighted by Crippen LogP contribution is -2.43. The Hall–Kier alpha value is -1.27. The van der Waals surface area contributed by atoms with Gasteiger partial charge in [-0.25, -0.2) is 0 Å². The van der Waals surface area contributed by atoms with E-state index in [9.17, 15) is 4.79 Å². The number of amides is 1. The van der Waals surface area contributed by atoms with Crippen molar-refractivity contribution in [2.45, 2.75) is 37.0 Å². The lowest BCUT2D eigenvalue weighted by molar-refractivity contribution is 0.0934. The molecule has 0 spiro atoms. The third kappa shape index (κ3) is 2.87. The summed E-state index contributed by atoms with van der Waals surface area (Å²) in [7, 11) is 0. The second-order valence-electron chi connectivity index (χ2n) is 5.36. The molecule has 0 bridgehead atoms. The zero-order valence-corrected chi connectivity index (χ0v) is 13.6. The van der Waals surface area contributed by atoms with E-state index in [4.69, 9.17) is 5.73 Å². The first kappa shape index (κ1) is 14.7. The van der Waals surface area contributed by atoms with Crippen LogP contribution in [-0.4, -0.2) is 28.4 Å². The van der Waals surface area contributed by atoms with E-state index in [0.717, 1.165) is 16.5 Å². The number of anilines is 1. The molecule has 0 radical (unpaired) electrons. The first-order chi connectivity index (χ1) is 10.2. The Bertz CT molecular complexity index is 655. The molecule has 2 atom stereocenters. The van der Waals surface area contributed by atoms with E-state index in [2.05, 4.69) is 16.6 Å². The molecule has 1 aliphatic rings. The van der Waals surface area contributed by atoms with E-state index in [1.807, 2.05) is 17.8 Å². The van der Waals surface area contributed by atoms with Gasteiger partial charge in [-0.05, 0) is 25.2 Å². The molecule has 0 saturated heterocycles. The van der Waals surface area contributed by atoms with Gasteiger partial charge in [0.2, 0.25) is 0 Å². The fraction of sp³-hybridized carbons (Fsp3) is 0.467. The second kappa shape index (κ2) is 6.23. The summed E-state index contributed by atoms with van der Waals surface area (Å²) in [6.45, 7) is 0. The molecule has 1 saturated carbocycles. The van der Waals surface area contributed by atoms with Crippen molar-refractivity contribution in [1.82, 2.24) is 10.3 Å². The second-order valence-corrected chi connectivity index (χ2v) is 7.48. The molecule has 1 aliphatic carbocycles. The van der Waals surface area contributed by atoms with Crippen molar-refractivity contribution in [3.8, 4) is 0 Å². The van der Waals surface area contributed by atoms with Gasteiger partial charge in [0.25, 0.3) is 5.91 Å². The number of thiophene rings is 1. The number of nitrogens with two attached hydrogens (primary N) is 1. The highest BCUT2D eigenvalue weighted by Gasteiger charge is 2.27. The average Bonchev–Trinajstić information content (AvgIpc) is 2.85. The molecule has 2 unspecified atom stereocenters. The number of hydrogen-bond donors (Lipinski definition) is 2. The minimum absolute atomic E-state index is 0.0420. The van der Waals surface area contributed by atoms with Crippen LogP contribution < -0.4 is 11.1 Å². The van der Waals surface area contributed by atoms with Crippen molar-refractivity contribution in [2.75, 3.05) is 12.0 Å². The zero-order chi connectivity index (χ0) is 14.8. The lowest BCUT2D eigenvalue weighted by atomic mass is 9.95. The van der Waals surface area contributed by atoms with E-state index in [-0.39, 0.29) is 11.9 Å². The van der Waals surface area contributed by atoms with Gasteiger partial charge in [-0.15, -0.1) is 11.3 Å². The summed E-state index contributed by atoms with van der Waals surface area (Å²) in [6, 6.07) is 2.12. The molecule has 2 aromatic rings. The third-order valence-electron chi connectivity index (χ3n) is 4.06. The number of nitrogen functional groups attached to an aromatic ring is 1. The fourth-order valence-corrected chi connectivity index (χ4v) is 4.85. The average molecular weight is 321 g/mol. The molecule has 21 heavy (non-hydrogen) atoms. The number of nitrogens with zero attached hydrogens (tertiary/aromatic N) is 1. The molecule has 2 aromatic heterocycles. The summed E-state index contributed by atoms with van der Waals surface area (Å²) in [5, 5.41) is 4.62. The van der Waals surface area contributed by atoms with E-state index in [0.29, 0.717) is 15.8 Å². The van der Waals surface area contributed by atoms with Gasteiger partial charge in [0.05, 0.1) is 10.4 Å². The van der Waals surface area contributed by atoms with Crippen LogP contribution in [0.3, 0.4) is 0 Å². The molecule has 0 aromatic carbocycles. The summed E-state index contributed by atoms with van der Waals surface area (Å²) in [5.74, 6) is -0.0420. The highest BCUT2D eigenvalue weighted by molar-refractivity contribution is 7.99. The highest BCUT2D eigenvalue weighted by atomic mass is 32.2. The molecule has 3 N–H and O–H groups in total. The Morgan fingerprint density at radius 2 is 2.29 bits per heavy atom. The number of thioether (sulfide) groups is 1. The maximum atomic E-state index is 12.6. The number of fused-ring (bicyclic) bond motifs is 1. The third-order valence-corrected chi connectivity index (χ3v) is 6.38. The van der Waals surface area contributed by atoms with Crippen LogP contribution in [0.15, 0.2) is 18.5 Å². The van der Waals surface area contributed by atoms with Crippen LogP contribution in [0.1, 0.15) is 35.4 Å². The summed E-state index contributed by atoms with van der Waals surface area (Å²) in [4.78, 5) is 17.3. The number of rotatable bonds is 3. The van der Waals surface area contributed by atoms with Crippen LogP contribution in [0, 0.1) is 0 Å². The van der Waals surface area contributed by atoms with Crippen LogP contribution in [0.5, 0.6) is 0 Å². The van der Waals surface area contributed by atoms with E-state index >= 15 is 0 Å². The lowest BCUT2D eigenvalue weighted by Gasteiger charge is -2.30. The van der Waals surface area contributed by atoms with Crippen LogP contribution in [0.4, 0.5) is 5.69 Å². The van der Waals surface area contributed by atoms with Gasteiger partial charge in [0, 0.05) is 29.1 Å². The largest absolute Gasteiger partial charge is 0.397 e. The van der Waals surface area contributed by atoms with Crippen molar-refractivity contribution >= 4 is 44.8 Å². The van der Waals surface area contributed by atoms with Crippen LogP contribution in [0.25, 0.3) is 10.1 Å². The molecule has 1 fully saturated rings. The SMILES string of the molecule is CSC1CCCCC1NC(=O)c1sc2cnccc2c1N. The molecule has 3 rings (SSSR count). The number of pyridine rings is 1. The van der Waals surface area contributed by atoms with Crippen molar-refractivity contribution < 1.29 is 4.79 Å². The highest BCUT2D eigenvalue weighted by Crippen LogP contribution is 2.33. The Labute approximate surface area is 132 Å². The number of carbonyl (C=O) groups is 1. The maximum Gasteiger partial charge on any atom is 0.263 e. The summed E-state index contributed by atoms with van der Waals surface area (Å²) < 4.78 is 0.963. The zero-order valence-electron chi connectivity index (χ0n) is 12.0. The first-order valence-corrected chi connectivity index (χ1v) is 9.26. The van der Waals surface area contributed by atoms with Crippen molar-refractivity contribution in [3.63, 3.8) is 0 Å². The number of hydrogen-bond acceptors (Lipinski definition) is 5. The maximum absolute atomic E-state index is 12.6. The molecular formula is C15H19N3OS2. The Balaban J connectivity index is 1.82. The monoisotopic (exact) mass is 321 g/mol. The number of carbonyl (C=O) groups excluding carboxylic acids is 1. The summed E-state index contributed by atoms with van der Waals surface area (Å²) in [5.41, 5.74) is 6.70. The number of nitrogens with one attached hydrogen (secondary N) is 1. The minimum atomic E-state index is -0.0420. The van der Waals surface area contributed by atoms with E-state index in [1.165, 1.54) is 30.6 Å². The van der Waals surface area contributed by atoms with Gasteiger partial charge in [0.15, 0.2) is 0 Å². The van der Waals surface area contributed by atoms with Gasteiger partial charge in [-0.3, -0.25) is 9.78 Å². The molecule has 4 nitrogen and oxygen atoms in total. The van der Waals surface area contributed by atoms with Crippen molar-refractivity contribution in [2.24, 2.45) is 0 Å². The molecule has 112 valence electrons. The normalized spacial score (nSPS) is 22.3. The Kier molecular flexibility index (Phi) is 4.35. The van der Waals surface area contributed by atoms with Crippen LogP contribution in [-0.2, 0) is 0 Å². The topological polar surface area (TPSA) is 68.0 Å². The first-order valence-electron chi connectivity index (χ1n) is 7.16.